The number of aliphatic hydroxyl groups is 2. The van der Waals surface area contributed by atoms with Gasteiger partial charge in [0.05, 0.1) is 30.7 Å². The second kappa shape index (κ2) is 13.3. The van der Waals surface area contributed by atoms with Crippen molar-refractivity contribution >= 4 is 10.0 Å². The van der Waals surface area contributed by atoms with E-state index in [1.165, 1.54) is 32.1 Å². The van der Waals surface area contributed by atoms with Crippen LogP contribution >= 0.6 is 0 Å². The van der Waals surface area contributed by atoms with Gasteiger partial charge in [0, 0.05) is 32.8 Å². The lowest BCUT2D eigenvalue weighted by atomic mass is 9.75. The van der Waals surface area contributed by atoms with Gasteiger partial charge in [0.25, 0.3) is 0 Å². The first-order chi connectivity index (χ1) is 16.2. The van der Waals surface area contributed by atoms with Gasteiger partial charge in [-0.2, -0.15) is 0 Å². The van der Waals surface area contributed by atoms with E-state index in [9.17, 15) is 18.6 Å². The summed E-state index contributed by atoms with van der Waals surface area (Å²) in [6, 6.07) is -0.208. The van der Waals surface area contributed by atoms with Crippen molar-refractivity contribution in [2.75, 3.05) is 27.0 Å². The smallest absolute Gasteiger partial charge is 0.209 e. The molecule has 0 spiro atoms. The lowest BCUT2D eigenvalue weighted by molar-refractivity contribution is -0.0755. The molecule has 3 aliphatic carbocycles. The van der Waals surface area contributed by atoms with Gasteiger partial charge in [-0.25, -0.2) is 13.1 Å². The Hall–Kier alpha value is -0.290. The molecule has 0 aromatic rings. The molecule has 8 nitrogen and oxygen atoms in total. The fourth-order valence-corrected chi connectivity index (χ4v) is 7.42. The van der Waals surface area contributed by atoms with Crippen molar-refractivity contribution in [2.24, 2.45) is 17.8 Å². The van der Waals surface area contributed by atoms with Crippen molar-refractivity contribution in [2.45, 2.75) is 114 Å². The Kier molecular flexibility index (Phi) is 11.1. The summed E-state index contributed by atoms with van der Waals surface area (Å²) in [5.74, 6) is 1.18. The van der Waals surface area contributed by atoms with Crippen LogP contribution < -0.4 is 10.0 Å². The summed E-state index contributed by atoms with van der Waals surface area (Å²) in [6.07, 6.45) is 12.5. The molecule has 0 aromatic carbocycles. The Bertz CT molecular complexity index is 702. The van der Waals surface area contributed by atoms with Gasteiger partial charge in [-0.15, -0.1) is 0 Å². The Morgan fingerprint density at radius 3 is 2.24 bits per heavy atom. The van der Waals surface area contributed by atoms with Crippen LogP contribution in [-0.2, 0) is 19.5 Å². The monoisotopic (exact) mass is 504 g/mol. The van der Waals surface area contributed by atoms with Gasteiger partial charge >= 0.3 is 0 Å². The number of rotatable bonds is 11. The molecule has 34 heavy (non-hydrogen) atoms. The minimum atomic E-state index is -3.41. The molecule has 9 heteroatoms. The van der Waals surface area contributed by atoms with Crippen molar-refractivity contribution in [3.8, 4) is 0 Å². The number of hydrogen-bond donors (Lipinski definition) is 4. The van der Waals surface area contributed by atoms with E-state index in [4.69, 9.17) is 9.47 Å². The molecule has 0 saturated heterocycles. The van der Waals surface area contributed by atoms with Gasteiger partial charge in [0.15, 0.2) is 0 Å². The molecule has 3 saturated carbocycles. The number of ether oxygens (including phenoxy) is 2. The zero-order valence-corrected chi connectivity index (χ0v) is 22.1. The number of hydrogen-bond acceptors (Lipinski definition) is 7. The Balaban J connectivity index is 1.60. The van der Waals surface area contributed by atoms with Crippen molar-refractivity contribution in [3.05, 3.63) is 0 Å². The van der Waals surface area contributed by atoms with Crippen LogP contribution in [0.2, 0.25) is 0 Å². The summed E-state index contributed by atoms with van der Waals surface area (Å²) in [6.45, 7) is 0.492. The fraction of sp³-hybridized carbons (Fsp3) is 1.00. The first kappa shape index (κ1) is 28.3. The maximum absolute atomic E-state index is 11.7. The van der Waals surface area contributed by atoms with E-state index in [-0.39, 0.29) is 18.1 Å². The zero-order chi connectivity index (χ0) is 24.7. The highest BCUT2D eigenvalue weighted by Crippen LogP contribution is 2.36. The first-order valence-corrected chi connectivity index (χ1v) is 15.2. The number of sulfonamides is 1. The van der Waals surface area contributed by atoms with Crippen LogP contribution in [0.15, 0.2) is 0 Å². The highest BCUT2D eigenvalue weighted by atomic mass is 32.2. The molecule has 0 heterocycles. The summed E-state index contributed by atoms with van der Waals surface area (Å²) in [7, 11) is 0.124. The maximum atomic E-state index is 11.7. The molecule has 0 amide bonds. The van der Waals surface area contributed by atoms with Crippen LogP contribution in [0.4, 0.5) is 0 Å². The molecule has 3 rings (SSSR count). The second-order valence-corrected chi connectivity index (χ2v) is 12.9. The van der Waals surface area contributed by atoms with Gasteiger partial charge in [0.2, 0.25) is 10.0 Å². The van der Waals surface area contributed by atoms with Gasteiger partial charge in [-0.05, 0) is 62.7 Å². The summed E-state index contributed by atoms with van der Waals surface area (Å²) >= 11 is 0. The number of methoxy groups -OCH3 is 2. The zero-order valence-electron chi connectivity index (χ0n) is 21.3. The highest BCUT2D eigenvalue weighted by Gasteiger charge is 2.37. The van der Waals surface area contributed by atoms with Crippen LogP contribution in [-0.4, -0.2) is 82.2 Å². The van der Waals surface area contributed by atoms with Crippen LogP contribution in [0.3, 0.4) is 0 Å². The molecule has 8 atom stereocenters. The van der Waals surface area contributed by atoms with Crippen LogP contribution in [0.1, 0.15) is 77.0 Å². The van der Waals surface area contributed by atoms with E-state index < -0.39 is 28.3 Å². The third kappa shape index (κ3) is 8.39. The van der Waals surface area contributed by atoms with Crippen LogP contribution in [0.25, 0.3) is 0 Å². The van der Waals surface area contributed by atoms with E-state index in [0.717, 1.165) is 37.9 Å². The molecule has 0 aliphatic heterocycles. The van der Waals surface area contributed by atoms with Gasteiger partial charge in [0.1, 0.15) is 0 Å². The molecule has 200 valence electrons. The maximum Gasteiger partial charge on any atom is 0.209 e. The normalized spacial score (nSPS) is 35.7. The summed E-state index contributed by atoms with van der Waals surface area (Å²) in [5.41, 5.74) is 0. The van der Waals surface area contributed by atoms with Crippen LogP contribution in [0, 0.1) is 17.8 Å². The minimum absolute atomic E-state index is 0.0403. The molecule has 3 aliphatic rings. The molecule has 3 fully saturated rings. The third-order valence-corrected chi connectivity index (χ3v) is 9.34. The van der Waals surface area contributed by atoms with Crippen molar-refractivity contribution in [3.63, 3.8) is 0 Å². The molecule has 4 N–H and O–H groups in total. The van der Waals surface area contributed by atoms with E-state index in [1.54, 1.807) is 14.2 Å². The van der Waals surface area contributed by atoms with Crippen LogP contribution in [0.5, 0.6) is 0 Å². The molecule has 0 aromatic heterocycles. The van der Waals surface area contributed by atoms with Gasteiger partial charge < -0.3 is 25.0 Å². The summed E-state index contributed by atoms with van der Waals surface area (Å²) in [4.78, 5) is 0. The fourth-order valence-electron chi connectivity index (χ4n) is 6.62. The number of nitrogens with one attached hydrogen (secondary N) is 2. The van der Waals surface area contributed by atoms with Gasteiger partial charge in [-0.3, -0.25) is 0 Å². The summed E-state index contributed by atoms with van der Waals surface area (Å²) in [5, 5.41) is 25.0. The Morgan fingerprint density at radius 2 is 1.59 bits per heavy atom. The molecule has 0 bridgehead atoms. The average Bonchev–Trinajstić information content (AvgIpc) is 2.82. The van der Waals surface area contributed by atoms with E-state index in [1.807, 2.05) is 0 Å². The van der Waals surface area contributed by atoms with E-state index in [0.29, 0.717) is 37.8 Å². The SMILES string of the molecule is COC1CCC(C(CC2CCCCC2)NCC(O)C2CCC(O)C(NS(C)(=O)=O)C2)CC1OC. The quantitative estimate of drug-likeness (QED) is 0.341. The van der Waals surface area contributed by atoms with Gasteiger partial charge in [-0.1, -0.05) is 32.1 Å². The highest BCUT2D eigenvalue weighted by molar-refractivity contribution is 7.88. The lowest BCUT2D eigenvalue weighted by Gasteiger charge is -2.41. The van der Waals surface area contributed by atoms with Crippen molar-refractivity contribution in [1.29, 1.82) is 0 Å². The molecule has 8 unspecified atom stereocenters. The second-order valence-electron chi connectivity index (χ2n) is 11.1. The lowest BCUT2D eigenvalue weighted by Crippen LogP contribution is -2.51. The van der Waals surface area contributed by atoms with E-state index >= 15 is 0 Å². The summed E-state index contributed by atoms with van der Waals surface area (Å²) < 4.78 is 37.3. The first-order valence-electron chi connectivity index (χ1n) is 13.3. The van der Waals surface area contributed by atoms with Crippen molar-refractivity contribution in [1.82, 2.24) is 10.0 Å². The van der Waals surface area contributed by atoms with Crippen molar-refractivity contribution < 1.29 is 28.1 Å². The molecule has 0 radical (unpaired) electrons. The molecular formula is C25H48N2O6S. The number of aliphatic hydroxyl groups excluding tert-OH is 2. The Labute approximate surface area is 206 Å². The Morgan fingerprint density at radius 1 is 0.912 bits per heavy atom. The molecular weight excluding hydrogens is 456 g/mol. The third-order valence-electron chi connectivity index (χ3n) is 8.61. The predicted molar refractivity (Wildman–Crippen MR) is 133 cm³/mol. The van der Waals surface area contributed by atoms with E-state index in [2.05, 4.69) is 10.0 Å². The largest absolute Gasteiger partial charge is 0.392 e. The standard InChI is InChI=1S/C25H48N2O6S/c1-32-24-12-10-18(15-25(24)33-2)20(13-17-7-5-4-6-8-17)26-16-23(29)19-9-11-22(28)21(14-19)27-34(3,30)31/h17-29H,4-16H2,1-3H3. The predicted octanol–water partition coefficient (Wildman–Crippen LogP) is 2.18. The topological polar surface area (TPSA) is 117 Å². The minimum Gasteiger partial charge on any atom is -0.392 e. The average molecular weight is 505 g/mol.